The maximum absolute atomic E-state index is 13.0. The molecular formula is C25H32N2O7. The van der Waals surface area contributed by atoms with E-state index < -0.39 is 42.2 Å². The van der Waals surface area contributed by atoms with E-state index in [2.05, 4.69) is 5.32 Å². The van der Waals surface area contributed by atoms with Crippen LogP contribution < -0.4 is 5.32 Å². The molecule has 2 amide bonds. The van der Waals surface area contributed by atoms with Crippen molar-refractivity contribution in [3.8, 4) is 0 Å². The maximum atomic E-state index is 13.0. The maximum Gasteiger partial charge on any atom is 0.358 e. The third-order valence-electron chi connectivity index (χ3n) is 5.81. The van der Waals surface area contributed by atoms with Crippen LogP contribution in [0.15, 0.2) is 30.0 Å². The van der Waals surface area contributed by atoms with Gasteiger partial charge in [-0.25, -0.2) is 4.79 Å². The van der Waals surface area contributed by atoms with E-state index in [1.807, 2.05) is 13.8 Å². The van der Waals surface area contributed by atoms with Crippen molar-refractivity contribution in [2.45, 2.75) is 66.2 Å². The summed E-state index contributed by atoms with van der Waals surface area (Å²) >= 11 is 0. The van der Waals surface area contributed by atoms with Crippen LogP contribution >= 0.6 is 0 Å². The van der Waals surface area contributed by atoms with Gasteiger partial charge in [-0.2, -0.15) is 0 Å². The lowest BCUT2D eigenvalue weighted by Gasteiger charge is -2.44. The summed E-state index contributed by atoms with van der Waals surface area (Å²) in [6, 6.07) is 6.34. The minimum Gasteiger partial charge on any atom is -0.427 e. The van der Waals surface area contributed by atoms with Gasteiger partial charge in [-0.1, -0.05) is 12.1 Å². The molecule has 0 radical (unpaired) electrons. The summed E-state index contributed by atoms with van der Waals surface area (Å²) in [6.45, 7) is 9.70. The van der Waals surface area contributed by atoms with Crippen molar-refractivity contribution in [2.24, 2.45) is 11.3 Å². The zero-order chi connectivity index (χ0) is 25.4. The Morgan fingerprint density at radius 2 is 1.85 bits per heavy atom. The fraction of sp³-hybridized carbons (Fsp3) is 0.520. The number of carbonyl (C=O) groups excluding carboxylic acids is 4. The highest BCUT2D eigenvalue weighted by atomic mass is 16.7. The lowest BCUT2D eigenvalue weighted by atomic mass is 9.82. The number of rotatable bonds is 7. The van der Waals surface area contributed by atoms with Crippen molar-refractivity contribution in [3.63, 3.8) is 0 Å². The summed E-state index contributed by atoms with van der Waals surface area (Å²) in [7, 11) is 0. The third kappa shape index (κ3) is 4.99. The Morgan fingerprint density at radius 3 is 2.44 bits per heavy atom. The zero-order valence-electron chi connectivity index (χ0n) is 20.4. The normalized spacial score (nSPS) is 20.6. The van der Waals surface area contributed by atoms with Crippen molar-refractivity contribution in [1.82, 2.24) is 10.2 Å². The van der Waals surface area contributed by atoms with E-state index in [1.165, 1.54) is 4.90 Å². The molecule has 0 aliphatic carbocycles. The van der Waals surface area contributed by atoms with E-state index >= 15 is 0 Å². The molecule has 1 fully saturated rings. The Bertz CT molecular complexity index is 1040. The number of hydrogen-bond donors (Lipinski definition) is 2. The van der Waals surface area contributed by atoms with E-state index in [0.717, 1.165) is 0 Å². The second kappa shape index (κ2) is 9.58. The number of benzene rings is 1. The SMILES string of the molecule is CC(C)NC(=O)c1cccc(C2=C(C(=O)OCOC(=O)C(C)(C)C)N3C(=O)C(C(C)O)C3C2)c1. The smallest absolute Gasteiger partial charge is 0.358 e. The van der Waals surface area contributed by atoms with E-state index in [9.17, 15) is 24.3 Å². The van der Waals surface area contributed by atoms with Crippen molar-refractivity contribution >= 4 is 29.3 Å². The molecule has 1 aromatic rings. The van der Waals surface area contributed by atoms with Gasteiger partial charge in [-0.05, 0) is 71.2 Å². The molecule has 0 saturated carbocycles. The average molecular weight is 473 g/mol. The average Bonchev–Trinajstić information content (AvgIpc) is 3.07. The van der Waals surface area contributed by atoms with Crippen LogP contribution in [0.2, 0.25) is 0 Å². The van der Waals surface area contributed by atoms with Crippen molar-refractivity contribution in [2.75, 3.05) is 6.79 Å². The van der Waals surface area contributed by atoms with Crippen LogP contribution in [-0.4, -0.2) is 58.7 Å². The minimum absolute atomic E-state index is 0.0418. The second-order valence-electron chi connectivity index (χ2n) is 10.0. The summed E-state index contributed by atoms with van der Waals surface area (Å²) in [6.07, 6.45) is -0.552. The number of carbonyl (C=O) groups is 4. The van der Waals surface area contributed by atoms with E-state index in [-0.39, 0.29) is 23.6 Å². The van der Waals surface area contributed by atoms with Gasteiger partial charge in [0.15, 0.2) is 0 Å². The Labute approximate surface area is 199 Å². The lowest BCUT2D eigenvalue weighted by molar-refractivity contribution is -0.175. The van der Waals surface area contributed by atoms with Gasteiger partial charge in [0.2, 0.25) is 12.7 Å². The Morgan fingerprint density at radius 1 is 1.18 bits per heavy atom. The molecule has 2 heterocycles. The molecule has 1 aromatic carbocycles. The molecular weight excluding hydrogens is 440 g/mol. The number of hydrogen-bond acceptors (Lipinski definition) is 7. The number of nitrogens with one attached hydrogen (secondary N) is 1. The minimum atomic E-state index is -0.874. The Kier molecular flexibility index (Phi) is 7.16. The topological polar surface area (TPSA) is 122 Å². The van der Waals surface area contributed by atoms with Crippen LogP contribution in [0.25, 0.3) is 5.57 Å². The van der Waals surface area contributed by atoms with Gasteiger partial charge < -0.3 is 24.8 Å². The predicted octanol–water partition coefficient (Wildman–Crippen LogP) is 2.24. The van der Waals surface area contributed by atoms with Crippen LogP contribution in [0.3, 0.4) is 0 Å². The second-order valence-corrected chi connectivity index (χ2v) is 10.0. The highest BCUT2D eigenvalue weighted by Gasteiger charge is 2.57. The van der Waals surface area contributed by atoms with Crippen LogP contribution in [0.5, 0.6) is 0 Å². The van der Waals surface area contributed by atoms with Crippen LogP contribution in [0.4, 0.5) is 0 Å². The van der Waals surface area contributed by atoms with Gasteiger partial charge in [0.05, 0.1) is 23.5 Å². The van der Waals surface area contributed by atoms with Crippen molar-refractivity contribution in [3.05, 3.63) is 41.1 Å². The van der Waals surface area contributed by atoms with Crippen molar-refractivity contribution < 1.29 is 33.8 Å². The standard InChI is InChI=1S/C25H32N2O7/c1-13(2)26-21(29)16-9-7-8-15(10-16)17-11-18-19(14(3)28)22(30)27(18)20(17)23(31)33-12-34-24(32)25(4,5)6/h7-10,13-14,18-19,28H,11-12H2,1-6H3,(H,26,29). The molecule has 3 atom stereocenters. The number of fused-ring (bicyclic) bond motifs is 1. The van der Waals surface area contributed by atoms with Gasteiger partial charge in [0.1, 0.15) is 5.70 Å². The molecule has 2 aliphatic rings. The summed E-state index contributed by atoms with van der Waals surface area (Å²) in [5.41, 5.74) is 0.831. The molecule has 2 N–H and O–H groups in total. The van der Waals surface area contributed by atoms with E-state index in [1.54, 1.807) is 52.0 Å². The number of esters is 2. The number of β-lactam (4-membered cyclic amide) rings is 1. The Hall–Kier alpha value is -3.20. The molecule has 0 bridgehead atoms. The summed E-state index contributed by atoms with van der Waals surface area (Å²) < 4.78 is 10.2. The quantitative estimate of drug-likeness (QED) is 0.354. The highest BCUT2D eigenvalue weighted by molar-refractivity contribution is 6.07. The third-order valence-corrected chi connectivity index (χ3v) is 5.81. The highest BCUT2D eigenvalue weighted by Crippen LogP contribution is 2.47. The van der Waals surface area contributed by atoms with Crippen LogP contribution in [0, 0.1) is 11.3 Å². The van der Waals surface area contributed by atoms with E-state index in [4.69, 9.17) is 9.47 Å². The number of amides is 2. The van der Waals surface area contributed by atoms with Gasteiger partial charge in [-0.15, -0.1) is 0 Å². The lowest BCUT2D eigenvalue weighted by Crippen LogP contribution is -2.61. The predicted molar refractivity (Wildman–Crippen MR) is 123 cm³/mol. The van der Waals surface area contributed by atoms with E-state index in [0.29, 0.717) is 23.1 Å². The molecule has 184 valence electrons. The molecule has 9 nitrogen and oxygen atoms in total. The Balaban J connectivity index is 1.90. The summed E-state index contributed by atoms with van der Waals surface area (Å²) in [4.78, 5) is 51.6. The fourth-order valence-corrected chi connectivity index (χ4v) is 4.13. The summed E-state index contributed by atoms with van der Waals surface area (Å²) in [5.74, 6) is -2.60. The molecule has 3 rings (SSSR count). The van der Waals surface area contributed by atoms with Crippen molar-refractivity contribution in [1.29, 1.82) is 0 Å². The largest absolute Gasteiger partial charge is 0.427 e. The zero-order valence-corrected chi connectivity index (χ0v) is 20.4. The van der Waals surface area contributed by atoms with Gasteiger partial charge in [0, 0.05) is 11.6 Å². The number of aliphatic hydroxyl groups is 1. The molecule has 2 aliphatic heterocycles. The molecule has 0 aromatic heterocycles. The number of aliphatic hydroxyl groups excluding tert-OH is 1. The molecule has 9 heteroatoms. The monoisotopic (exact) mass is 472 g/mol. The summed E-state index contributed by atoms with van der Waals surface area (Å²) in [5, 5.41) is 12.9. The molecule has 1 saturated heterocycles. The van der Waals surface area contributed by atoms with Gasteiger partial charge >= 0.3 is 11.9 Å². The molecule has 0 spiro atoms. The molecule has 34 heavy (non-hydrogen) atoms. The van der Waals surface area contributed by atoms with Crippen LogP contribution in [-0.2, 0) is 23.9 Å². The first kappa shape index (κ1) is 25.4. The van der Waals surface area contributed by atoms with Crippen LogP contribution in [0.1, 0.15) is 63.9 Å². The van der Waals surface area contributed by atoms with Gasteiger partial charge in [-0.3, -0.25) is 14.4 Å². The fourth-order valence-electron chi connectivity index (χ4n) is 4.13. The first-order valence-electron chi connectivity index (χ1n) is 11.3. The first-order valence-corrected chi connectivity index (χ1v) is 11.3. The molecule has 3 unspecified atom stereocenters. The number of nitrogens with zero attached hydrogens (tertiary/aromatic N) is 1. The number of ether oxygens (including phenoxy) is 2. The van der Waals surface area contributed by atoms with Gasteiger partial charge in [0.25, 0.3) is 5.91 Å². The first-order chi connectivity index (χ1) is 15.8.